The molecule has 0 aromatic heterocycles. The van der Waals surface area contributed by atoms with Crippen LogP contribution in [0.4, 0.5) is 0 Å². The third-order valence-electron chi connectivity index (χ3n) is 3.20. The van der Waals surface area contributed by atoms with E-state index in [4.69, 9.17) is 0 Å². The fourth-order valence-electron chi connectivity index (χ4n) is 2.03. The van der Waals surface area contributed by atoms with Crippen molar-refractivity contribution in [3.05, 3.63) is 58.0 Å². The van der Waals surface area contributed by atoms with Gasteiger partial charge in [-0.1, -0.05) is 38.8 Å². The molecule has 1 rings (SSSR count). The second kappa shape index (κ2) is 20.9. The summed E-state index contributed by atoms with van der Waals surface area (Å²) in [7, 11) is 0. The van der Waals surface area contributed by atoms with Crippen LogP contribution in [0.2, 0.25) is 3.72 Å². The van der Waals surface area contributed by atoms with Crippen LogP contribution >= 0.6 is 0 Å². The van der Waals surface area contributed by atoms with Crippen LogP contribution in [0.15, 0.2) is 47.4 Å². The van der Waals surface area contributed by atoms with Gasteiger partial charge in [-0.25, -0.2) is 0 Å². The zero-order chi connectivity index (χ0) is 20.1. The van der Waals surface area contributed by atoms with Crippen molar-refractivity contribution in [2.75, 3.05) is 26.2 Å². The fraction of sp³-hybridized carbons (Fsp3) is 0.652. The van der Waals surface area contributed by atoms with Crippen molar-refractivity contribution in [2.24, 2.45) is 0 Å². The first-order chi connectivity index (χ1) is 12.4. The Kier molecular flexibility index (Phi) is 22.4. The number of unbranched alkanes of at least 4 members (excludes halogenated alkanes) is 2. The molecule has 0 saturated carbocycles. The van der Waals surface area contributed by atoms with Crippen LogP contribution in [0.1, 0.15) is 66.7 Å². The van der Waals surface area contributed by atoms with E-state index in [1.165, 1.54) is 6.42 Å². The van der Waals surface area contributed by atoms with E-state index in [-0.39, 0.29) is 19.2 Å². The Hall–Kier alpha value is -0.406. The number of hydrogen-bond acceptors (Lipinski definition) is 0. The average Bonchev–Trinajstić information content (AvgIpc) is 3.08. The molecule has 26 heavy (non-hydrogen) atoms. The Bertz CT molecular complexity index is 362. The summed E-state index contributed by atoms with van der Waals surface area (Å²) in [6, 6.07) is 0. The second-order valence-corrected chi connectivity index (χ2v) is 10.8. The third kappa shape index (κ3) is 25.8. The van der Waals surface area contributed by atoms with Gasteiger partial charge in [-0.15, -0.1) is 26.2 Å². The molecule has 0 aliphatic heterocycles. The molecule has 0 aromatic carbocycles. The maximum atomic E-state index is 4.16. The molecule has 1 aliphatic rings. The Morgan fingerprint density at radius 2 is 1.50 bits per heavy atom. The Balaban J connectivity index is 0. The summed E-state index contributed by atoms with van der Waals surface area (Å²) in [5, 5.41) is 8.32. The Morgan fingerprint density at radius 3 is 1.81 bits per heavy atom. The Labute approximate surface area is 173 Å². The summed E-state index contributed by atoms with van der Waals surface area (Å²) in [6.07, 6.45) is 16.4. The average molecular weight is 394 g/mol. The minimum atomic E-state index is 0.146. The molecule has 0 unspecified atom stereocenters. The predicted molar refractivity (Wildman–Crippen MR) is 118 cm³/mol. The molecule has 0 atom stereocenters. The van der Waals surface area contributed by atoms with E-state index in [1.54, 1.807) is 3.88 Å². The van der Waals surface area contributed by atoms with Crippen molar-refractivity contribution in [1.29, 1.82) is 0 Å². The number of hydrogen-bond donors (Lipinski definition) is 0. The maximum absolute atomic E-state index is 4.16. The molecule has 0 fully saturated rings. The molecular weight excluding hydrogens is 352 g/mol. The summed E-state index contributed by atoms with van der Waals surface area (Å²) in [4.78, 5) is 0. The van der Waals surface area contributed by atoms with Crippen LogP contribution in [0.5, 0.6) is 0 Å². The molecule has 148 valence electrons. The number of rotatable bonds is 11. The molecule has 0 saturated heterocycles. The first-order valence-electron chi connectivity index (χ1n) is 10.0. The van der Waals surface area contributed by atoms with E-state index in [1.807, 2.05) is 12.2 Å². The summed E-state index contributed by atoms with van der Waals surface area (Å²) in [5.74, 6) is 0. The first kappa shape index (κ1) is 27.8. The molecule has 0 N–H and O–H groups in total. The van der Waals surface area contributed by atoms with Crippen molar-refractivity contribution in [2.45, 2.75) is 70.4 Å². The summed E-state index contributed by atoms with van der Waals surface area (Å²) in [6.45, 7) is 22.3. The molecule has 2 nitrogen and oxygen atoms in total. The second-order valence-electron chi connectivity index (χ2n) is 7.09. The van der Waals surface area contributed by atoms with Crippen molar-refractivity contribution in [3.63, 3.8) is 0 Å². The SMILES string of the molecule is C=CCCC[N-]CC.C=CCCC[N-]CC.C[C](C)(C)[Ti+2][C]1=CC=CC1. The quantitative estimate of drug-likeness (QED) is 0.194. The van der Waals surface area contributed by atoms with Gasteiger partial charge in [0.15, 0.2) is 0 Å². The summed E-state index contributed by atoms with van der Waals surface area (Å²) >= 11 is 0.146. The zero-order valence-corrected chi connectivity index (χ0v) is 19.6. The van der Waals surface area contributed by atoms with Crippen LogP contribution in [-0.4, -0.2) is 26.2 Å². The van der Waals surface area contributed by atoms with Gasteiger partial charge in [0.25, 0.3) is 0 Å². The first-order valence-corrected chi connectivity index (χ1v) is 11.6. The van der Waals surface area contributed by atoms with Crippen LogP contribution in [0.3, 0.4) is 0 Å². The van der Waals surface area contributed by atoms with Gasteiger partial charge in [-0.2, -0.15) is 13.1 Å². The van der Waals surface area contributed by atoms with E-state index < -0.39 is 0 Å². The predicted octanol–water partition coefficient (Wildman–Crippen LogP) is 7.82. The molecule has 0 amide bonds. The topological polar surface area (TPSA) is 28.2 Å². The van der Waals surface area contributed by atoms with Crippen LogP contribution in [-0.2, 0) is 19.2 Å². The molecular formula is C23H42N2Ti. The number of allylic oxidation sites excluding steroid dienone is 6. The van der Waals surface area contributed by atoms with Gasteiger partial charge in [-0.3, -0.25) is 0 Å². The summed E-state index contributed by atoms with van der Waals surface area (Å²) in [5.41, 5.74) is 0. The third-order valence-corrected chi connectivity index (χ3v) is 5.45. The number of nitrogens with zero attached hydrogens (tertiary/aromatic N) is 2. The van der Waals surface area contributed by atoms with Gasteiger partial charge < -0.3 is 10.6 Å². The molecule has 3 heteroatoms. The van der Waals surface area contributed by atoms with Crippen molar-refractivity contribution in [3.8, 4) is 0 Å². The fourth-order valence-corrected chi connectivity index (χ4v) is 4.16. The van der Waals surface area contributed by atoms with Crippen LogP contribution < -0.4 is 0 Å². The van der Waals surface area contributed by atoms with Gasteiger partial charge in [0.05, 0.1) is 0 Å². The zero-order valence-electron chi connectivity index (χ0n) is 18.1. The molecule has 0 spiro atoms. The Morgan fingerprint density at radius 1 is 1.00 bits per heavy atom. The van der Waals surface area contributed by atoms with Crippen molar-refractivity contribution < 1.29 is 19.2 Å². The van der Waals surface area contributed by atoms with Crippen molar-refractivity contribution >= 4 is 0 Å². The molecule has 0 aromatic rings. The molecule has 0 heterocycles. The van der Waals surface area contributed by atoms with Gasteiger partial charge in [-0.05, 0) is 12.8 Å². The van der Waals surface area contributed by atoms with E-state index in [9.17, 15) is 0 Å². The van der Waals surface area contributed by atoms with E-state index >= 15 is 0 Å². The van der Waals surface area contributed by atoms with Crippen LogP contribution in [0, 0.1) is 0 Å². The van der Waals surface area contributed by atoms with Gasteiger partial charge in [0.2, 0.25) is 0 Å². The van der Waals surface area contributed by atoms with E-state index in [2.05, 4.69) is 76.6 Å². The molecule has 0 radical (unpaired) electrons. The van der Waals surface area contributed by atoms with E-state index in [0.29, 0.717) is 3.72 Å². The van der Waals surface area contributed by atoms with Gasteiger partial charge in [0, 0.05) is 0 Å². The van der Waals surface area contributed by atoms with E-state index in [0.717, 1.165) is 51.9 Å². The van der Waals surface area contributed by atoms with Crippen molar-refractivity contribution in [1.82, 2.24) is 0 Å². The normalized spacial score (nSPS) is 12.1. The minimum absolute atomic E-state index is 0.146. The summed E-state index contributed by atoms with van der Waals surface area (Å²) < 4.78 is 2.28. The standard InChI is InChI=1S/2C7H14N.C5H5.C4H9.Ti/c2*1-3-5-6-7-8-4-2;1-2-4-5-3-1;1-4(2)3;/h2*3H,1,4-7H2,2H3;1-3H,4H2;1-3H3;/q2*-1;;;+2. The van der Waals surface area contributed by atoms with Crippen LogP contribution in [0.25, 0.3) is 10.6 Å². The molecule has 0 bridgehead atoms. The van der Waals surface area contributed by atoms with Gasteiger partial charge >= 0.3 is 72.2 Å². The molecule has 1 aliphatic carbocycles. The van der Waals surface area contributed by atoms with Gasteiger partial charge in [0.1, 0.15) is 0 Å². The monoisotopic (exact) mass is 394 g/mol.